The Bertz CT molecular complexity index is 140. The van der Waals surface area contributed by atoms with Gasteiger partial charge in [-0.05, 0) is 24.3 Å². The molecule has 1 saturated carbocycles. The summed E-state index contributed by atoms with van der Waals surface area (Å²) in [6.07, 6.45) is 1.47. The molecule has 1 aliphatic rings. The molecule has 0 aromatic carbocycles. The number of allylic oxidation sites excluding steroid dienone is 1. The SMILES string of the molecule is C=C(CC)C1(F)CC1C. The van der Waals surface area contributed by atoms with Gasteiger partial charge in [0.05, 0.1) is 0 Å². The van der Waals surface area contributed by atoms with Gasteiger partial charge in [0.2, 0.25) is 0 Å². The van der Waals surface area contributed by atoms with E-state index in [0.29, 0.717) is 6.42 Å². The molecule has 0 aromatic heterocycles. The fraction of sp³-hybridized carbons (Fsp3) is 0.750. The Labute approximate surface area is 55.8 Å². The van der Waals surface area contributed by atoms with Gasteiger partial charge >= 0.3 is 0 Å². The molecular formula is C8H13F. The molecule has 1 heteroatoms. The molecule has 1 fully saturated rings. The minimum atomic E-state index is -0.977. The van der Waals surface area contributed by atoms with Crippen molar-refractivity contribution in [3.8, 4) is 0 Å². The molecular weight excluding hydrogens is 115 g/mol. The molecule has 0 aliphatic heterocycles. The van der Waals surface area contributed by atoms with Crippen LogP contribution in [0.1, 0.15) is 26.7 Å². The van der Waals surface area contributed by atoms with Crippen molar-refractivity contribution in [2.45, 2.75) is 32.4 Å². The Kier molecular flexibility index (Phi) is 1.38. The average Bonchev–Trinajstić information content (AvgIpc) is 2.41. The molecule has 0 radical (unpaired) electrons. The van der Waals surface area contributed by atoms with Crippen molar-refractivity contribution in [3.05, 3.63) is 12.2 Å². The highest BCUT2D eigenvalue weighted by Crippen LogP contribution is 2.52. The molecule has 1 aliphatic carbocycles. The highest BCUT2D eigenvalue weighted by molar-refractivity contribution is 5.24. The lowest BCUT2D eigenvalue weighted by molar-refractivity contribution is 0.331. The maximum absolute atomic E-state index is 13.2. The maximum atomic E-state index is 13.2. The lowest BCUT2D eigenvalue weighted by Gasteiger charge is -2.06. The van der Waals surface area contributed by atoms with E-state index >= 15 is 0 Å². The zero-order chi connectivity index (χ0) is 7.07. The first-order valence-corrected chi connectivity index (χ1v) is 3.48. The van der Waals surface area contributed by atoms with Gasteiger partial charge in [-0.15, -0.1) is 0 Å². The van der Waals surface area contributed by atoms with Gasteiger partial charge in [0.1, 0.15) is 5.67 Å². The first-order valence-electron chi connectivity index (χ1n) is 3.48. The van der Waals surface area contributed by atoms with Crippen molar-refractivity contribution >= 4 is 0 Å². The predicted octanol–water partition coefficient (Wildman–Crippen LogP) is 2.70. The number of rotatable bonds is 2. The van der Waals surface area contributed by atoms with E-state index in [9.17, 15) is 4.39 Å². The molecule has 0 N–H and O–H groups in total. The lowest BCUT2D eigenvalue weighted by Crippen LogP contribution is -2.04. The molecule has 9 heavy (non-hydrogen) atoms. The first-order chi connectivity index (χ1) is 4.11. The third-order valence-corrected chi connectivity index (χ3v) is 2.24. The molecule has 1 rings (SSSR count). The Balaban J connectivity index is 2.53. The Morgan fingerprint density at radius 2 is 2.33 bits per heavy atom. The molecule has 2 unspecified atom stereocenters. The fourth-order valence-corrected chi connectivity index (χ4v) is 1.17. The number of alkyl halides is 1. The average molecular weight is 128 g/mol. The molecule has 0 heterocycles. The fourth-order valence-electron chi connectivity index (χ4n) is 1.17. The Hall–Kier alpha value is -0.330. The summed E-state index contributed by atoms with van der Waals surface area (Å²) in [5.41, 5.74) is -0.204. The van der Waals surface area contributed by atoms with Crippen LogP contribution in [0.4, 0.5) is 4.39 Å². The topological polar surface area (TPSA) is 0 Å². The van der Waals surface area contributed by atoms with Gasteiger partial charge in [-0.3, -0.25) is 0 Å². The Morgan fingerprint density at radius 1 is 1.89 bits per heavy atom. The lowest BCUT2D eigenvalue weighted by atomic mass is 10.1. The van der Waals surface area contributed by atoms with Gasteiger partial charge in [0, 0.05) is 0 Å². The summed E-state index contributed by atoms with van der Waals surface area (Å²) in [6, 6.07) is 0. The maximum Gasteiger partial charge on any atom is 0.134 e. The van der Waals surface area contributed by atoms with Gasteiger partial charge in [-0.25, -0.2) is 4.39 Å². The zero-order valence-electron chi connectivity index (χ0n) is 6.08. The zero-order valence-corrected chi connectivity index (χ0v) is 6.08. The number of hydrogen-bond acceptors (Lipinski definition) is 0. The van der Waals surface area contributed by atoms with Gasteiger partial charge in [-0.1, -0.05) is 20.4 Å². The summed E-state index contributed by atoms with van der Waals surface area (Å²) < 4.78 is 13.2. The van der Waals surface area contributed by atoms with E-state index in [0.717, 1.165) is 12.0 Å². The second-order valence-corrected chi connectivity index (χ2v) is 2.92. The molecule has 0 spiro atoms. The van der Waals surface area contributed by atoms with Crippen LogP contribution in [0.3, 0.4) is 0 Å². The molecule has 0 aromatic rings. The van der Waals surface area contributed by atoms with Crippen molar-refractivity contribution < 1.29 is 4.39 Å². The normalized spacial score (nSPS) is 40.6. The third kappa shape index (κ3) is 0.887. The second kappa shape index (κ2) is 1.83. The summed E-state index contributed by atoms with van der Waals surface area (Å²) in [7, 11) is 0. The Morgan fingerprint density at radius 3 is 2.44 bits per heavy atom. The van der Waals surface area contributed by atoms with Crippen LogP contribution in [0.2, 0.25) is 0 Å². The van der Waals surface area contributed by atoms with Crippen LogP contribution < -0.4 is 0 Å². The van der Waals surface area contributed by atoms with Crippen LogP contribution in [0.15, 0.2) is 12.2 Å². The highest BCUT2D eigenvalue weighted by Gasteiger charge is 2.53. The molecule has 2 atom stereocenters. The van der Waals surface area contributed by atoms with Gasteiger partial charge in [0.25, 0.3) is 0 Å². The molecule has 0 bridgehead atoms. The van der Waals surface area contributed by atoms with Gasteiger partial charge in [-0.2, -0.15) is 0 Å². The van der Waals surface area contributed by atoms with Crippen molar-refractivity contribution in [3.63, 3.8) is 0 Å². The smallest absolute Gasteiger partial charge is 0.134 e. The monoisotopic (exact) mass is 128 g/mol. The van der Waals surface area contributed by atoms with Gasteiger partial charge in [0.15, 0.2) is 0 Å². The number of halogens is 1. The van der Waals surface area contributed by atoms with Crippen LogP contribution >= 0.6 is 0 Å². The van der Waals surface area contributed by atoms with Crippen molar-refractivity contribution in [2.24, 2.45) is 5.92 Å². The minimum Gasteiger partial charge on any atom is -0.239 e. The van der Waals surface area contributed by atoms with Crippen molar-refractivity contribution in [1.82, 2.24) is 0 Å². The molecule has 0 saturated heterocycles. The van der Waals surface area contributed by atoms with E-state index in [-0.39, 0.29) is 5.92 Å². The summed E-state index contributed by atoms with van der Waals surface area (Å²) in [5, 5.41) is 0. The van der Waals surface area contributed by atoms with Crippen LogP contribution in [0.5, 0.6) is 0 Å². The van der Waals surface area contributed by atoms with E-state index in [1.165, 1.54) is 0 Å². The van der Waals surface area contributed by atoms with Crippen molar-refractivity contribution in [1.29, 1.82) is 0 Å². The number of hydrogen-bond donors (Lipinski definition) is 0. The first kappa shape index (κ1) is 6.79. The summed E-state index contributed by atoms with van der Waals surface area (Å²) in [4.78, 5) is 0. The largest absolute Gasteiger partial charge is 0.239 e. The van der Waals surface area contributed by atoms with E-state index in [4.69, 9.17) is 0 Å². The summed E-state index contributed by atoms with van der Waals surface area (Å²) in [5.74, 6) is 0.227. The van der Waals surface area contributed by atoms with E-state index in [2.05, 4.69) is 6.58 Å². The quantitative estimate of drug-likeness (QED) is 0.501. The summed E-state index contributed by atoms with van der Waals surface area (Å²) >= 11 is 0. The highest BCUT2D eigenvalue weighted by atomic mass is 19.1. The van der Waals surface area contributed by atoms with Crippen molar-refractivity contribution in [2.75, 3.05) is 0 Å². The van der Waals surface area contributed by atoms with Crippen LogP contribution in [0.25, 0.3) is 0 Å². The van der Waals surface area contributed by atoms with Crippen LogP contribution in [-0.4, -0.2) is 5.67 Å². The molecule has 0 amide bonds. The molecule has 0 nitrogen and oxygen atoms in total. The van der Waals surface area contributed by atoms with E-state index < -0.39 is 5.67 Å². The summed E-state index contributed by atoms with van der Waals surface area (Å²) in [6.45, 7) is 7.57. The van der Waals surface area contributed by atoms with Crippen LogP contribution in [0, 0.1) is 5.92 Å². The van der Waals surface area contributed by atoms with Gasteiger partial charge < -0.3 is 0 Å². The van der Waals surface area contributed by atoms with E-state index in [1.54, 1.807) is 0 Å². The minimum absolute atomic E-state index is 0.227. The third-order valence-electron chi connectivity index (χ3n) is 2.24. The molecule has 52 valence electrons. The standard InChI is InChI=1S/C8H13F/c1-4-6(2)8(9)5-7(8)3/h7H,2,4-5H2,1,3H3. The predicted molar refractivity (Wildman–Crippen MR) is 37.1 cm³/mol. The van der Waals surface area contributed by atoms with Crippen LogP contribution in [-0.2, 0) is 0 Å². The van der Waals surface area contributed by atoms with E-state index in [1.807, 2.05) is 13.8 Å². The second-order valence-electron chi connectivity index (χ2n) is 2.92.